The van der Waals surface area contributed by atoms with Crippen molar-refractivity contribution >= 4 is 38.3 Å². The molecule has 0 amide bonds. The average molecular weight is 349 g/mol. The second-order valence-electron chi connectivity index (χ2n) is 4.52. The molecule has 1 aromatic heterocycles. The fourth-order valence-electron chi connectivity index (χ4n) is 2.25. The third-order valence-electron chi connectivity index (χ3n) is 3.27. The zero-order valence-corrected chi connectivity index (χ0v) is 12.8. The molecule has 1 unspecified atom stereocenters. The molecule has 4 heteroatoms. The van der Waals surface area contributed by atoms with Gasteiger partial charge in [0.15, 0.2) is 0 Å². The summed E-state index contributed by atoms with van der Waals surface area (Å²) >= 11 is 9.45. The zero-order valence-electron chi connectivity index (χ0n) is 10.4. The van der Waals surface area contributed by atoms with E-state index in [4.69, 9.17) is 11.6 Å². The van der Waals surface area contributed by atoms with Crippen molar-refractivity contribution in [2.75, 3.05) is 0 Å². The van der Waals surface area contributed by atoms with Crippen molar-refractivity contribution in [2.24, 2.45) is 0 Å². The number of hydrogen-bond acceptors (Lipinski definition) is 2. The van der Waals surface area contributed by atoms with Crippen LogP contribution in [0.25, 0.3) is 10.8 Å². The number of nitrogens with zero attached hydrogens (tertiary/aromatic N) is 1. The maximum atomic E-state index is 10.6. The van der Waals surface area contributed by atoms with Gasteiger partial charge in [-0.15, -0.1) is 0 Å². The summed E-state index contributed by atoms with van der Waals surface area (Å²) in [7, 11) is 0. The monoisotopic (exact) mass is 347 g/mol. The summed E-state index contributed by atoms with van der Waals surface area (Å²) < 4.78 is 0.817. The van der Waals surface area contributed by atoms with Crippen molar-refractivity contribution in [1.82, 2.24) is 4.98 Å². The highest BCUT2D eigenvalue weighted by Gasteiger charge is 2.14. The van der Waals surface area contributed by atoms with Crippen molar-refractivity contribution < 1.29 is 5.11 Å². The number of benzene rings is 2. The van der Waals surface area contributed by atoms with Gasteiger partial charge in [0, 0.05) is 22.3 Å². The molecule has 0 aliphatic carbocycles. The number of pyridine rings is 1. The molecule has 3 aromatic rings. The van der Waals surface area contributed by atoms with Crippen molar-refractivity contribution in [3.8, 4) is 0 Å². The topological polar surface area (TPSA) is 33.1 Å². The van der Waals surface area contributed by atoms with Gasteiger partial charge in [0.25, 0.3) is 0 Å². The van der Waals surface area contributed by atoms with E-state index >= 15 is 0 Å². The lowest BCUT2D eigenvalue weighted by Crippen LogP contribution is -2.00. The highest BCUT2D eigenvalue weighted by molar-refractivity contribution is 9.10. The molecule has 3 rings (SSSR count). The minimum Gasteiger partial charge on any atom is -0.384 e. The van der Waals surface area contributed by atoms with Crippen molar-refractivity contribution in [3.63, 3.8) is 0 Å². The first-order valence-electron chi connectivity index (χ1n) is 6.12. The van der Waals surface area contributed by atoms with Gasteiger partial charge in [0.1, 0.15) is 6.10 Å². The molecule has 1 N–H and O–H groups in total. The van der Waals surface area contributed by atoms with Crippen molar-refractivity contribution in [2.45, 2.75) is 6.10 Å². The fraction of sp³-hybridized carbons (Fsp3) is 0.0625. The molecule has 0 saturated heterocycles. The Hall–Kier alpha value is -1.42. The second kappa shape index (κ2) is 5.52. The van der Waals surface area contributed by atoms with E-state index in [0.29, 0.717) is 5.02 Å². The standard InChI is InChI=1S/C16H11BrClNO/c17-14-5-4-10(8-15(14)18)16(20)13-3-1-2-11-9-19-7-6-12(11)13/h1-9,16,20H. The van der Waals surface area contributed by atoms with Crippen LogP contribution in [-0.4, -0.2) is 10.1 Å². The van der Waals surface area contributed by atoms with Crippen LogP contribution in [0.5, 0.6) is 0 Å². The maximum Gasteiger partial charge on any atom is 0.105 e. The molecule has 0 spiro atoms. The number of rotatable bonds is 2. The Labute approximate surface area is 130 Å². The van der Waals surface area contributed by atoms with E-state index in [2.05, 4.69) is 20.9 Å². The summed E-state index contributed by atoms with van der Waals surface area (Å²) in [4.78, 5) is 4.10. The van der Waals surface area contributed by atoms with E-state index in [0.717, 1.165) is 26.4 Å². The van der Waals surface area contributed by atoms with Crippen LogP contribution in [0.4, 0.5) is 0 Å². The average Bonchev–Trinajstić information content (AvgIpc) is 2.49. The molecule has 0 radical (unpaired) electrons. The van der Waals surface area contributed by atoms with Gasteiger partial charge in [-0.2, -0.15) is 0 Å². The molecule has 0 saturated carbocycles. The largest absolute Gasteiger partial charge is 0.384 e. The molecule has 1 heterocycles. The van der Waals surface area contributed by atoms with Crippen LogP contribution in [0.3, 0.4) is 0 Å². The number of hydrogen-bond donors (Lipinski definition) is 1. The van der Waals surface area contributed by atoms with Gasteiger partial charge >= 0.3 is 0 Å². The maximum absolute atomic E-state index is 10.6. The van der Waals surface area contributed by atoms with Gasteiger partial charge in [-0.1, -0.05) is 35.9 Å². The first-order valence-corrected chi connectivity index (χ1v) is 7.29. The Morgan fingerprint density at radius 2 is 2.00 bits per heavy atom. The first kappa shape index (κ1) is 13.6. The molecule has 2 aromatic carbocycles. The van der Waals surface area contributed by atoms with Crippen LogP contribution in [0.1, 0.15) is 17.2 Å². The van der Waals surface area contributed by atoms with E-state index in [1.165, 1.54) is 0 Å². The van der Waals surface area contributed by atoms with Crippen molar-refractivity contribution in [3.05, 3.63) is 75.5 Å². The third kappa shape index (κ3) is 2.44. The minimum absolute atomic E-state index is 0.587. The van der Waals surface area contributed by atoms with Crippen molar-refractivity contribution in [1.29, 1.82) is 0 Å². The number of fused-ring (bicyclic) bond motifs is 1. The zero-order chi connectivity index (χ0) is 14.1. The Kier molecular flexibility index (Phi) is 3.74. The van der Waals surface area contributed by atoms with Gasteiger partial charge in [-0.3, -0.25) is 4.98 Å². The lowest BCUT2D eigenvalue weighted by atomic mass is 9.97. The molecule has 20 heavy (non-hydrogen) atoms. The lowest BCUT2D eigenvalue weighted by Gasteiger charge is -2.14. The molecule has 0 aliphatic heterocycles. The summed E-state index contributed by atoms with van der Waals surface area (Å²) in [6.07, 6.45) is 2.81. The summed E-state index contributed by atoms with van der Waals surface area (Å²) in [5.41, 5.74) is 1.62. The second-order valence-corrected chi connectivity index (χ2v) is 5.78. The number of aliphatic hydroxyl groups is 1. The van der Waals surface area contributed by atoms with E-state index in [1.54, 1.807) is 18.5 Å². The molecule has 0 bridgehead atoms. The Balaban J connectivity index is 2.12. The van der Waals surface area contributed by atoms with Crippen LogP contribution in [0, 0.1) is 0 Å². The number of aromatic nitrogens is 1. The first-order chi connectivity index (χ1) is 9.66. The summed E-state index contributed by atoms with van der Waals surface area (Å²) in [6.45, 7) is 0. The normalized spacial score (nSPS) is 12.6. The number of aliphatic hydroxyl groups excluding tert-OH is 1. The van der Waals surface area contributed by atoms with Crippen LogP contribution in [0.2, 0.25) is 5.02 Å². The SMILES string of the molecule is OC(c1ccc(Br)c(Cl)c1)c1cccc2cnccc12. The van der Waals surface area contributed by atoms with Gasteiger partial charge in [-0.25, -0.2) is 0 Å². The Morgan fingerprint density at radius 1 is 1.15 bits per heavy atom. The van der Waals surface area contributed by atoms with Crippen LogP contribution >= 0.6 is 27.5 Å². The highest BCUT2D eigenvalue weighted by atomic mass is 79.9. The summed E-state index contributed by atoms with van der Waals surface area (Å²) in [6, 6.07) is 13.2. The smallest absolute Gasteiger partial charge is 0.105 e. The van der Waals surface area contributed by atoms with E-state index in [9.17, 15) is 5.11 Å². The predicted octanol–water partition coefficient (Wildman–Crippen LogP) is 4.73. The Bertz CT molecular complexity index is 770. The highest BCUT2D eigenvalue weighted by Crippen LogP contribution is 2.32. The summed E-state index contributed by atoms with van der Waals surface area (Å²) in [5, 5.41) is 13.2. The minimum atomic E-state index is -0.716. The summed E-state index contributed by atoms with van der Waals surface area (Å²) in [5.74, 6) is 0. The van der Waals surface area contributed by atoms with E-state index in [1.807, 2.05) is 36.4 Å². The molecule has 2 nitrogen and oxygen atoms in total. The van der Waals surface area contributed by atoms with Gasteiger partial charge in [0.05, 0.1) is 5.02 Å². The van der Waals surface area contributed by atoms with E-state index in [-0.39, 0.29) is 0 Å². The third-order valence-corrected chi connectivity index (χ3v) is 4.50. The Morgan fingerprint density at radius 3 is 2.80 bits per heavy atom. The van der Waals surface area contributed by atoms with Crippen LogP contribution in [0.15, 0.2) is 59.3 Å². The molecule has 0 aliphatic rings. The fourth-order valence-corrected chi connectivity index (χ4v) is 2.68. The molecule has 1 atom stereocenters. The van der Waals surface area contributed by atoms with Gasteiger partial charge < -0.3 is 5.11 Å². The predicted molar refractivity (Wildman–Crippen MR) is 85.0 cm³/mol. The van der Waals surface area contributed by atoms with Gasteiger partial charge in [-0.05, 0) is 50.6 Å². The number of halogens is 2. The lowest BCUT2D eigenvalue weighted by molar-refractivity contribution is 0.222. The van der Waals surface area contributed by atoms with E-state index < -0.39 is 6.10 Å². The quantitative estimate of drug-likeness (QED) is 0.726. The van der Waals surface area contributed by atoms with Gasteiger partial charge in [0.2, 0.25) is 0 Å². The van der Waals surface area contributed by atoms with Crippen LogP contribution < -0.4 is 0 Å². The molecule has 0 fully saturated rings. The molecular formula is C16H11BrClNO. The molecular weight excluding hydrogens is 338 g/mol. The van der Waals surface area contributed by atoms with Crippen LogP contribution in [-0.2, 0) is 0 Å². The molecule has 100 valence electrons.